The number of ether oxygens (including phenoxy) is 4. The van der Waals surface area contributed by atoms with Gasteiger partial charge in [0.25, 0.3) is 0 Å². The summed E-state index contributed by atoms with van der Waals surface area (Å²) in [5, 5.41) is 37.6. The van der Waals surface area contributed by atoms with E-state index in [-0.39, 0.29) is 52.6 Å². The van der Waals surface area contributed by atoms with Gasteiger partial charge in [0, 0.05) is 60.4 Å². The Morgan fingerprint density at radius 1 is 1.02 bits per heavy atom. The second-order valence-corrected chi connectivity index (χ2v) is 11.7. The Kier molecular flexibility index (Phi) is 8.10. The number of fused-ring (bicyclic) bond motifs is 3. The zero-order valence-electron chi connectivity index (χ0n) is 24.7. The summed E-state index contributed by atoms with van der Waals surface area (Å²) in [7, 11) is 1.53. The van der Waals surface area contributed by atoms with E-state index in [9.17, 15) is 29.7 Å². The van der Waals surface area contributed by atoms with Crippen LogP contribution in [0.3, 0.4) is 0 Å². The first kappa shape index (κ1) is 30.7. The summed E-state index contributed by atoms with van der Waals surface area (Å²) in [5.74, 6) is -2.39. The molecule has 2 aliphatic carbocycles. The standard InChI is InChI=1S/C33H34N2O10/c1-16-31(42-2)21(34)12-23(44-16)45-22-14-33(41,15-43-32(40)35-17-8-4-3-5-9-17)13-20-24(22)30(39)26-25(29(20)38)27(36)18-10-6-7-11-19(18)28(26)37/h3-11,16,21-23,31,38-39,41H,12-15,34H2,1-2H3,(H,35,40)/t16-,21+,22+,23+,31+,33?/m1/s1. The smallest absolute Gasteiger partial charge is 0.411 e. The van der Waals surface area contributed by atoms with Crippen LogP contribution in [0.2, 0.25) is 0 Å². The number of aliphatic hydroxyl groups is 1. The molecule has 6 atom stereocenters. The highest BCUT2D eigenvalue weighted by Gasteiger charge is 2.48. The molecule has 1 unspecified atom stereocenters. The molecule has 1 saturated heterocycles. The molecule has 0 spiro atoms. The molecule has 6 N–H and O–H groups in total. The average molecular weight is 619 g/mol. The van der Waals surface area contributed by atoms with E-state index in [1.54, 1.807) is 49.4 Å². The van der Waals surface area contributed by atoms with Crippen molar-refractivity contribution in [3.8, 4) is 11.5 Å². The predicted octanol–water partition coefficient (Wildman–Crippen LogP) is 3.33. The highest BCUT2D eigenvalue weighted by Crippen LogP contribution is 2.52. The molecule has 45 heavy (non-hydrogen) atoms. The van der Waals surface area contributed by atoms with Crippen LogP contribution in [0, 0.1) is 0 Å². The molecular formula is C33H34N2O10. The molecule has 0 bridgehead atoms. The molecule has 6 rings (SSSR count). The molecule has 0 saturated carbocycles. The number of aromatic hydroxyl groups is 2. The van der Waals surface area contributed by atoms with Crippen molar-refractivity contribution < 1.29 is 48.7 Å². The van der Waals surface area contributed by atoms with Gasteiger partial charge < -0.3 is 40.0 Å². The topological polar surface area (TPSA) is 187 Å². The SMILES string of the molecule is CO[C@@H]1[C@@H](N)C[C@H](O[C@H]2CC(O)(COC(=O)Nc3ccccc3)Cc3c(O)c4c(c(O)c32)C(=O)c2ccccc2C4=O)O[C@@H]1C. The number of ketones is 2. The van der Waals surface area contributed by atoms with E-state index in [0.717, 1.165) is 0 Å². The van der Waals surface area contributed by atoms with E-state index in [2.05, 4.69) is 5.32 Å². The molecule has 236 valence electrons. The summed E-state index contributed by atoms with van der Waals surface area (Å²) in [6.45, 7) is 1.25. The molecule has 0 radical (unpaired) electrons. The van der Waals surface area contributed by atoms with Gasteiger partial charge in [0.1, 0.15) is 23.7 Å². The summed E-state index contributed by atoms with van der Waals surface area (Å²) in [6.07, 6.45) is -4.12. The molecule has 3 aliphatic rings. The minimum atomic E-state index is -1.82. The summed E-state index contributed by atoms with van der Waals surface area (Å²) in [5.41, 5.74) is 4.46. The van der Waals surface area contributed by atoms with E-state index < -0.39 is 72.0 Å². The Hall–Kier alpha value is -4.33. The highest BCUT2D eigenvalue weighted by atomic mass is 16.7. The van der Waals surface area contributed by atoms with Gasteiger partial charge in [-0.15, -0.1) is 0 Å². The number of hydrogen-bond acceptors (Lipinski definition) is 11. The van der Waals surface area contributed by atoms with Crippen molar-refractivity contribution in [3.63, 3.8) is 0 Å². The van der Waals surface area contributed by atoms with Crippen LogP contribution in [0.15, 0.2) is 54.6 Å². The maximum atomic E-state index is 13.6. The van der Waals surface area contributed by atoms with Gasteiger partial charge in [-0.25, -0.2) is 4.79 Å². The Morgan fingerprint density at radius 2 is 1.64 bits per heavy atom. The monoisotopic (exact) mass is 618 g/mol. The number of nitrogens with one attached hydrogen (secondary N) is 1. The second-order valence-electron chi connectivity index (χ2n) is 11.7. The number of anilines is 1. The summed E-state index contributed by atoms with van der Waals surface area (Å²) < 4.78 is 23.1. The maximum Gasteiger partial charge on any atom is 0.411 e. The first-order chi connectivity index (χ1) is 21.5. The first-order valence-electron chi connectivity index (χ1n) is 14.6. The third kappa shape index (κ3) is 5.55. The fraction of sp³-hybridized carbons (Fsp3) is 0.364. The number of rotatable bonds is 6. The summed E-state index contributed by atoms with van der Waals surface area (Å²) in [4.78, 5) is 39.7. The Morgan fingerprint density at radius 3 is 2.27 bits per heavy atom. The van der Waals surface area contributed by atoms with E-state index in [4.69, 9.17) is 24.7 Å². The molecule has 1 heterocycles. The molecule has 3 aromatic carbocycles. The lowest BCUT2D eigenvalue weighted by atomic mass is 9.73. The third-order valence-corrected chi connectivity index (χ3v) is 8.65. The van der Waals surface area contributed by atoms with Gasteiger partial charge in [0.2, 0.25) is 0 Å². The van der Waals surface area contributed by atoms with Crippen LogP contribution in [0.25, 0.3) is 0 Å². The zero-order chi connectivity index (χ0) is 32.0. The largest absolute Gasteiger partial charge is 0.507 e. The van der Waals surface area contributed by atoms with Crippen LogP contribution in [0.1, 0.15) is 68.8 Å². The zero-order valence-corrected chi connectivity index (χ0v) is 24.7. The predicted molar refractivity (Wildman–Crippen MR) is 159 cm³/mol. The Balaban J connectivity index is 1.37. The average Bonchev–Trinajstić information content (AvgIpc) is 3.01. The van der Waals surface area contributed by atoms with Crippen molar-refractivity contribution in [1.29, 1.82) is 0 Å². The van der Waals surface area contributed by atoms with Gasteiger partial charge in [-0.3, -0.25) is 14.9 Å². The highest BCUT2D eigenvalue weighted by molar-refractivity contribution is 6.30. The van der Waals surface area contributed by atoms with E-state index in [0.29, 0.717) is 5.69 Å². The normalized spacial score (nSPS) is 27.2. The number of amides is 1. The van der Waals surface area contributed by atoms with Gasteiger partial charge in [0.15, 0.2) is 17.9 Å². The quantitative estimate of drug-likeness (QED) is 0.200. The number of para-hydroxylation sites is 1. The molecule has 12 nitrogen and oxygen atoms in total. The van der Waals surface area contributed by atoms with Gasteiger partial charge in [-0.1, -0.05) is 42.5 Å². The Labute approximate surface area is 258 Å². The summed E-state index contributed by atoms with van der Waals surface area (Å²) >= 11 is 0. The number of benzene rings is 3. The minimum absolute atomic E-state index is 0.0134. The van der Waals surface area contributed by atoms with Crippen molar-refractivity contribution in [2.45, 2.75) is 62.4 Å². The van der Waals surface area contributed by atoms with Crippen molar-refractivity contribution in [1.82, 2.24) is 0 Å². The number of phenols is 2. The lowest BCUT2D eigenvalue weighted by molar-refractivity contribution is -0.251. The fourth-order valence-electron chi connectivity index (χ4n) is 6.57. The third-order valence-electron chi connectivity index (χ3n) is 8.65. The number of phenolic OH excluding ortho intramolecular Hbond substituents is 2. The van der Waals surface area contributed by atoms with Crippen molar-refractivity contribution >= 4 is 23.3 Å². The van der Waals surface area contributed by atoms with Crippen molar-refractivity contribution in [2.75, 3.05) is 19.0 Å². The molecule has 1 aliphatic heterocycles. The van der Waals surface area contributed by atoms with E-state index in [1.807, 2.05) is 0 Å². The molecule has 1 fully saturated rings. The molecule has 1 amide bonds. The summed E-state index contributed by atoms with van der Waals surface area (Å²) in [6, 6.07) is 14.3. The number of carbonyl (C=O) groups is 3. The van der Waals surface area contributed by atoms with Crippen LogP contribution in [0.4, 0.5) is 10.5 Å². The lowest BCUT2D eigenvalue weighted by Gasteiger charge is -2.43. The minimum Gasteiger partial charge on any atom is -0.507 e. The first-order valence-corrected chi connectivity index (χ1v) is 14.6. The molecule has 3 aromatic rings. The van der Waals surface area contributed by atoms with Gasteiger partial charge >= 0.3 is 6.09 Å². The maximum absolute atomic E-state index is 13.6. The van der Waals surface area contributed by atoms with E-state index >= 15 is 0 Å². The van der Waals surface area contributed by atoms with E-state index in [1.165, 1.54) is 19.2 Å². The number of methoxy groups -OCH3 is 1. The van der Waals surface area contributed by atoms with Crippen LogP contribution in [-0.2, 0) is 25.4 Å². The van der Waals surface area contributed by atoms with Gasteiger partial charge in [-0.05, 0) is 19.1 Å². The van der Waals surface area contributed by atoms with Crippen molar-refractivity contribution in [2.24, 2.45) is 5.73 Å². The Bertz CT molecular complexity index is 1650. The molecule has 0 aromatic heterocycles. The number of carbonyl (C=O) groups excluding carboxylic acids is 3. The van der Waals surface area contributed by atoms with Crippen LogP contribution in [0.5, 0.6) is 11.5 Å². The van der Waals surface area contributed by atoms with Crippen LogP contribution in [-0.4, -0.2) is 76.8 Å². The number of nitrogens with two attached hydrogens (primary N) is 1. The van der Waals surface area contributed by atoms with Gasteiger partial charge in [-0.2, -0.15) is 0 Å². The number of hydrogen-bond donors (Lipinski definition) is 5. The van der Waals surface area contributed by atoms with Crippen molar-refractivity contribution in [3.05, 3.63) is 88.0 Å². The molecule has 12 heteroatoms. The van der Waals surface area contributed by atoms with Crippen LogP contribution >= 0.6 is 0 Å². The lowest BCUT2D eigenvalue weighted by Crippen LogP contribution is -2.53. The van der Waals surface area contributed by atoms with Crippen LogP contribution < -0.4 is 11.1 Å². The van der Waals surface area contributed by atoms with Gasteiger partial charge in [0.05, 0.1) is 29.4 Å². The fourth-order valence-corrected chi connectivity index (χ4v) is 6.57. The molecular weight excluding hydrogens is 584 g/mol. The second kappa shape index (κ2) is 11.9.